The SMILES string of the molecule is C=CC(C)NC(=O)N1CCC(S(=O)(=O)CC)CC1. The molecule has 1 heterocycles. The monoisotopic (exact) mass is 274 g/mol. The van der Waals surface area contributed by atoms with Gasteiger partial charge in [0.15, 0.2) is 9.84 Å². The number of sulfone groups is 1. The number of nitrogens with zero attached hydrogens (tertiary/aromatic N) is 1. The van der Waals surface area contributed by atoms with Crippen molar-refractivity contribution in [1.82, 2.24) is 10.2 Å². The molecule has 104 valence electrons. The number of carbonyl (C=O) groups excluding carboxylic acids is 1. The molecule has 1 fully saturated rings. The fourth-order valence-electron chi connectivity index (χ4n) is 2.00. The normalized spacial score (nSPS) is 19.3. The first-order valence-electron chi connectivity index (χ1n) is 6.30. The lowest BCUT2D eigenvalue weighted by Gasteiger charge is -2.32. The maximum absolute atomic E-state index is 11.8. The third-order valence-corrected chi connectivity index (χ3v) is 5.64. The molecule has 0 saturated carbocycles. The maximum atomic E-state index is 11.8. The highest BCUT2D eigenvalue weighted by atomic mass is 32.2. The van der Waals surface area contributed by atoms with Crippen LogP contribution in [0.25, 0.3) is 0 Å². The molecular weight excluding hydrogens is 252 g/mol. The van der Waals surface area contributed by atoms with E-state index in [0.29, 0.717) is 25.9 Å². The van der Waals surface area contributed by atoms with E-state index in [0.717, 1.165) is 0 Å². The third kappa shape index (κ3) is 3.73. The number of hydrogen-bond acceptors (Lipinski definition) is 3. The first-order chi connectivity index (χ1) is 8.40. The molecule has 0 spiro atoms. The van der Waals surface area contributed by atoms with Gasteiger partial charge in [-0.1, -0.05) is 13.0 Å². The number of hydrogen-bond donors (Lipinski definition) is 1. The van der Waals surface area contributed by atoms with E-state index in [-0.39, 0.29) is 23.1 Å². The number of rotatable bonds is 4. The summed E-state index contributed by atoms with van der Waals surface area (Å²) in [7, 11) is -2.97. The van der Waals surface area contributed by atoms with Gasteiger partial charge < -0.3 is 10.2 Å². The zero-order valence-electron chi connectivity index (χ0n) is 11.1. The molecule has 1 aliphatic heterocycles. The Morgan fingerprint density at radius 3 is 2.50 bits per heavy atom. The van der Waals surface area contributed by atoms with Crippen molar-refractivity contribution in [1.29, 1.82) is 0 Å². The van der Waals surface area contributed by atoms with Gasteiger partial charge in [-0.15, -0.1) is 6.58 Å². The first kappa shape index (κ1) is 15.0. The Balaban J connectivity index is 2.49. The molecule has 0 aromatic carbocycles. The van der Waals surface area contributed by atoms with E-state index in [1.54, 1.807) is 17.9 Å². The average Bonchev–Trinajstić information content (AvgIpc) is 2.38. The Labute approximate surface area is 109 Å². The summed E-state index contributed by atoms with van der Waals surface area (Å²) in [5, 5.41) is 2.50. The molecule has 1 N–H and O–H groups in total. The van der Waals surface area contributed by atoms with Gasteiger partial charge >= 0.3 is 6.03 Å². The summed E-state index contributed by atoms with van der Waals surface area (Å²) in [6.07, 6.45) is 2.73. The molecule has 0 aromatic rings. The van der Waals surface area contributed by atoms with E-state index in [2.05, 4.69) is 11.9 Å². The van der Waals surface area contributed by atoms with Crippen molar-refractivity contribution in [2.24, 2.45) is 0 Å². The van der Waals surface area contributed by atoms with Gasteiger partial charge in [0.05, 0.1) is 5.25 Å². The molecular formula is C12H22N2O3S. The van der Waals surface area contributed by atoms with Crippen LogP contribution in [0.3, 0.4) is 0 Å². The summed E-state index contributed by atoms with van der Waals surface area (Å²) in [5.74, 6) is 0.178. The maximum Gasteiger partial charge on any atom is 0.317 e. The van der Waals surface area contributed by atoms with E-state index < -0.39 is 9.84 Å². The van der Waals surface area contributed by atoms with E-state index in [9.17, 15) is 13.2 Å². The number of amides is 2. The van der Waals surface area contributed by atoms with Crippen LogP contribution < -0.4 is 5.32 Å². The van der Waals surface area contributed by atoms with Gasteiger partial charge in [-0.2, -0.15) is 0 Å². The molecule has 6 heteroatoms. The highest BCUT2D eigenvalue weighted by molar-refractivity contribution is 7.92. The molecule has 5 nitrogen and oxygen atoms in total. The third-order valence-electron chi connectivity index (χ3n) is 3.34. The van der Waals surface area contributed by atoms with Crippen LogP contribution in [0, 0.1) is 0 Å². The standard InChI is InChI=1S/C12H22N2O3S/c1-4-10(3)13-12(15)14-8-6-11(7-9-14)18(16,17)5-2/h4,10-11H,1,5-9H2,2-3H3,(H,13,15). The molecule has 0 aromatic heterocycles. The molecule has 1 aliphatic rings. The lowest BCUT2D eigenvalue weighted by Crippen LogP contribution is -2.48. The number of urea groups is 1. The highest BCUT2D eigenvalue weighted by Gasteiger charge is 2.30. The van der Waals surface area contributed by atoms with Crippen molar-refractivity contribution >= 4 is 15.9 Å². The summed E-state index contributed by atoms with van der Waals surface area (Å²) >= 11 is 0. The minimum atomic E-state index is -2.97. The minimum Gasteiger partial charge on any atom is -0.332 e. The van der Waals surface area contributed by atoms with Crippen molar-refractivity contribution < 1.29 is 13.2 Å². The summed E-state index contributed by atoms with van der Waals surface area (Å²) < 4.78 is 23.4. The van der Waals surface area contributed by atoms with Gasteiger partial charge in [-0.25, -0.2) is 13.2 Å². The predicted molar refractivity (Wildman–Crippen MR) is 72.2 cm³/mol. The summed E-state index contributed by atoms with van der Waals surface area (Å²) in [4.78, 5) is 13.5. The van der Waals surface area contributed by atoms with Crippen LogP contribution in [-0.4, -0.2) is 49.5 Å². The van der Waals surface area contributed by atoms with Gasteiger partial charge in [0, 0.05) is 24.9 Å². The number of piperidine rings is 1. The van der Waals surface area contributed by atoms with Crippen LogP contribution in [0.5, 0.6) is 0 Å². The largest absolute Gasteiger partial charge is 0.332 e. The van der Waals surface area contributed by atoms with Crippen molar-refractivity contribution in [3.8, 4) is 0 Å². The van der Waals surface area contributed by atoms with Gasteiger partial charge in [0.2, 0.25) is 0 Å². The predicted octanol–water partition coefficient (Wildman–Crippen LogP) is 1.17. The summed E-state index contributed by atoms with van der Waals surface area (Å²) in [6, 6.07) is -0.218. The highest BCUT2D eigenvalue weighted by Crippen LogP contribution is 2.18. The number of likely N-dealkylation sites (tertiary alicyclic amines) is 1. The van der Waals surface area contributed by atoms with Gasteiger partial charge in [-0.05, 0) is 19.8 Å². The molecule has 0 bridgehead atoms. The second-order valence-corrected chi connectivity index (χ2v) is 7.18. The van der Waals surface area contributed by atoms with Crippen LogP contribution in [0.1, 0.15) is 26.7 Å². The van der Waals surface area contributed by atoms with E-state index in [4.69, 9.17) is 0 Å². The van der Waals surface area contributed by atoms with Crippen LogP contribution in [0.2, 0.25) is 0 Å². The molecule has 18 heavy (non-hydrogen) atoms. The van der Waals surface area contributed by atoms with E-state index >= 15 is 0 Å². The second-order valence-electron chi connectivity index (χ2n) is 4.61. The zero-order chi connectivity index (χ0) is 13.8. The van der Waals surface area contributed by atoms with Crippen LogP contribution >= 0.6 is 0 Å². The van der Waals surface area contributed by atoms with Crippen molar-refractivity contribution in [2.75, 3.05) is 18.8 Å². The topological polar surface area (TPSA) is 66.5 Å². The molecule has 1 unspecified atom stereocenters. The molecule has 2 amide bonds. The molecule has 0 radical (unpaired) electrons. The fraction of sp³-hybridized carbons (Fsp3) is 0.750. The molecule has 0 aliphatic carbocycles. The van der Waals surface area contributed by atoms with E-state index in [1.807, 2.05) is 6.92 Å². The van der Waals surface area contributed by atoms with Crippen molar-refractivity contribution in [3.05, 3.63) is 12.7 Å². The van der Waals surface area contributed by atoms with Gasteiger partial charge in [0.25, 0.3) is 0 Å². The summed E-state index contributed by atoms with van der Waals surface area (Å²) in [5.41, 5.74) is 0. The van der Waals surface area contributed by atoms with Crippen LogP contribution in [-0.2, 0) is 9.84 Å². The van der Waals surface area contributed by atoms with Crippen LogP contribution in [0.15, 0.2) is 12.7 Å². The Bertz CT molecular complexity index is 398. The Hall–Kier alpha value is -1.04. The van der Waals surface area contributed by atoms with Gasteiger partial charge in [0.1, 0.15) is 0 Å². The second kappa shape index (κ2) is 6.22. The first-order valence-corrected chi connectivity index (χ1v) is 8.01. The average molecular weight is 274 g/mol. The number of carbonyl (C=O) groups is 1. The van der Waals surface area contributed by atoms with Gasteiger partial charge in [-0.3, -0.25) is 0 Å². The van der Waals surface area contributed by atoms with Crippen molar-refractivity contribution in [3.63, 3.8) is 0 Å². The zero-order valence-corrected chi connectivity index (χ0v) is 11.9. The minimum absolute atomic E-state index is 0.0744. The molecule has 1 rings (SSSR count). The number of nitrogens with one attached hydrogen (secondary N) is 1. The summed E-state index contributed by atoms with van der Waals surface area (Å²) in [6.45, 7) is 8.11. The lowest BCUT2D eigenvalue weighted by molar-refractivity contribution is 0.185. The smallest absolute Gasteiger partial charge is 0.317 e. The van der Waals surface area contributed by atoms with Crippen molar-refractivity contribution in [2.45, 2.75) is 38.0 Å². The fourth-order valence-corrected chi connectivity index (χ4v) is 3.40. The Morgan fingerprint density at radius 1 is 1.50 bits per heavy atom. The Kier molecular flexibility index (Phi) is 5.19. The lowest BCUT2D eigenvalue weighted by atomic mass is 10.1. The Morgan fingerprint density at radius 2 is 2.06 bits per heavy atom. The molecule has 1 atom stereocenters. The quantitative estimate of drug-likeness (QED) is 0.783. The van der Waals surface area contributed by atoms with Crippen LogP contribution in [0.4, 0.5) is 4.79 Å². The van der Waals surface area contributed by atoms with E-state index in [1.165, 1.54) is 0 Å². The molecule has 1 saturated heterocycles.